The van der Waals surface area contributed by atoms with Crippen LogP contribution >= 0.6 is 0 Å². The van der Waals surface area contributed by atoms with Crippen LogP contribution in [-0.4, -0.2) is 29.0 Å². The number of likely N-dealkylation sites (N-methyl/N-ethyl adjacent to an activating group) is 1. The van der Waals surface area contributed by atoms with Crippen molar-refractivity contribution in [3.63, 3.8) is 0 Å². The van der Waals surface area contributed by atoms with Crippen molar-refractivity contribution in [2.75, 3.05) is 7.05 Å². The summed E-state index contributed by atoms with van der Waals surface area (Å²) in [5.74, 6) is 0.776. The molecule has 0 spiro atoms. The van der Waals surface area contributed by atoms with Crippen molar-refractivity contribution >= 4 is 0 Å². The second kappa shape index (κ2) is 6.89. The lowest BCUT2D eigenvalue weighted by Gasteiger charge is -2.45. The van der Waals surface area contributed by atoms with Gasteiger partial charge in [-0.05, 0) is 49.8 Å². The Kier molecular flexibility index (Phi) is 5.39. The van der Waals surface area contributed by atoms with Crippen LogP contribution in [0.3, 0.4) is 0 Å². The van der Waals surface area contributed by atoms with E-state index in [2.05, 4.69) is 49.8 Å². The molecule has 118 valence electrons. The van der Waals surface area contributed by atoms with Crippen LogP contribution in [0.1, 0.15) is 52.1 Å². The zero-order chi connectivity index (χ0) is 15.5. The number of nitrogens with zero attached hydrogens (tertiary/aromatic N) is 2. The fraction of sp³-hybridized carbons (Fsp3) is 0.722. The molecule has 1 aliphatic carbocycles. The standard InChI is InChI=1S/C18H31N3/c1-5-18(2,3)14-9-10-16(19)17(12-14)21(4)13-15-8-6-7-11-20-15/h6-8,11,14,16-17H,5,9-10,12-13,19H2,1-4H3. The third-order valence-corrected chi connectivity index (χ3v) is 5.59. The normalized spacial score (nSPS) is 27.0. The van der Waals surface area contributed by atoms with Gasteiger partial charge in [0.25, 0.3) is 0 Å². The first-order chi connectivity index (χ1) is 9.94. The Balaban J connectivity index is 2.02. The van der Waals surface area contributed by atoms with Crippen molar-refractivity contribution < 1.29 is 0 Å². The van der Waals surface area contributed by atoms with Gasteiger partial charge in [0, 0.05) is 24.8 Å². The first kappa shape index (κ1) is 16.4. The highest BCUT2D eigenvalue weighted by atomic mass is 15.2. The summed E-state index contributed by atoms with van der Waals surface area (Å²) in [6.45, 7) is 8.01. The lowest BCUT2D eigenvalue weighted by atomic mass is 9.67. The van der Waals surface area contributed by atoms with Crippen LogP contribution in [0.5, 0.6) is 0 Å². The highest BCUT2D eigenvalue weighted by Crippen LogP contribution is 2.41. The van der Waals surface area contributed by atoms with Gasteiger partial charge >= 0.3 is 0 Å². The van der Waals surface area contributed by atoms with Gasteiger partial charge in [0.05, 0.1) is 5.69 Å². The third-order valence-electron chi connectivity index (χ3n) is 5.59. The molecule has 0 saturated heterocycles. The van der Waals surface area contributed by atoms with Crippen LogP contribution in [0.15, 0.2) is 24.4 Å². The lowest BCUT2D eigenvalue weighted by Crippen LogP contribution is -2.51. The molecule has 3 nitrogen and oxygen atoms in total. The summed E-state index contributed by atoms with van der Waals surface area (Å²) < 4.78 is 0. The monoisotopic (exact) mass is 289 g/mol. The summed E-state index contributed by atoms with van der Waals surface area (Å²) in [6, 6.07) is 6.88. The molecular formula is C18H31N3. The summed E-state index contributed by atoms with van der Waals surface area (Å²) >= 11 is 0. The molecule has 1 aromatic rings. The van der Waals surface area contributed by atoms with Crippen LogP contribution in [-0.2, 0) is 6.54 Å². The molecule has 0 aliphatic heterocycles. The minimum absolute atomic E-state index is 0.294. The summed E-state index contributed by atoms with van der Waals surface area (Å²) in [5.41, 5.74) is 7.97. The SMILES string of the molecule is CCC(C)(C)C1CCC(N)C(N(C)Cc2ccccn2)C1. The smallest absolute Gasteiger partial charge is 0.0543 e. The quantitative estimate of drug-likeness (QED) is 0.903. The van der Waals surface area contributed by atoms with Crippen LogP contribution in [0.25, 0.3) is 0 Å². The number of pyridine rings is 1. The van der Waals surface area contributed by atoms with Gasteiger partial charge in [0.2, 0.25) is 0 Å². The topological polar surface area (TPSA) is 42.1 Å². The fourth-order valence-corrected chi connectivity index (χ4v) is 3.54. The molecule has 3 heteroatoms. The second-order valence-electron chi connectivity index (χ2n) is 7.32. The predicted octanol–water partition coefficient (Wildman–Crippen LogP) is 3.45. The van der Waals surface area contributed by atoms with E-state index in [0.717, 1.165) is 24.6 Å². The minimum atomic E-state index is 0.294. The number of hydrogen-bond donors (Lipinski definition) is 1. The van der Waals surface area contributed by atoms with E-state index in [9.17, 15) is 0 Å². The van der Waals surface area contributed by atoms with Crippen molar-refractivity contribution in [2.24, 2.45) is 17.1 Å². The molecule has 0 bridgehead atoms. The van der Waals surface area contributed by atoms with Crippen molar-refractivity contribution in [1.29, 1.82) is 0 Å². The molecule has 2 rings (SSSR count). The van der Waals surface area contributed by atoms with Gasteiger partial charge in [-0.25, -0.2) is 0 Å². The van der Waals surface area contributed by atoms with Crippen molar-refractivity contribution in [2.45, 2.75) is 65.1 Å². The Morgan fingerprint density at radius 3 is 2.71 bits per heavy atom. The molecule has 1 heterocycles. The zero-order valence-electron chi connectivity index (χ0n) is 14.0. The van der Waals surface area contributed by atoms with E-state index >= 15 is 0 Å². The molecule has 3 atom stereocenters. The second-order valence-corrected chi connectivity index (χ2v) is 7.32. The number of hydrogen-bond acceptors (Lipinski definition) is 3. The molecule has 1 aliphatic rings. The zero-order valence-corrected chi connectivity index (χ0v) is 14.0. The Hall–Kier alpha value is -0.930. The molecule has 0 aromatic carbocycles. The van der Waals surface area contributed by atoms with Gasteiger partial charge in [-0.2, -0.15) is 0 Å². The van der Waals surface area contributed by atoms with E-state index in [1.165, 1.54) is 19.3 Å². The Morgan fingerprint density at radius 2 is 2.10 bits per heavy atom. The third kappa shape index (κ3) is 4.04. The van der Waals surface area contributed by atoms with Crippen LogP contribution < -0.4 is 5.73 Å². The molecule has 0 amide bonds. The van der Waals surface area contributed by atoms with Gasteiger partial charge in [-0.15, -0.1) is 0 Å². The Bertz CT molecular complexity index is 429. The number of rotatable bonds is 5. The van der Waals surface area contributed by atoms with Crippen molar-refractivity contribution in [3.8, 4) is 0 Å². The molecule has 1 fully saturated rings. The van der Waals surface area contributed by atoms with E-state index in [1.54, 1.807) is 0 Å². The average molecular weight is 289 g/mol. The Labute approximate surface area is 129 Å². The van der Waals surface area contributed by atoms with Gasteiger partial charge in [0.15, 0.2) is 0 Å². The molecule has 0 radical (unpaired) electrons. The van der Waals surface area contributed by atoms with E-state index in [4.69, 9.17) is 5.73 Å². The van der Waals surface area contributed by atoms with E-state index in [-0.39, 0.29) is 0 Å². The predicted molar refractivity (Wildman–Crippen MR) is 88.9 cm³/mol. The lowest BCUT2D eigenvalue weighted by molar-refractivity contribution is 0.0691. The molecule has 2 N–H and O–H groups in total. The maximum absolute atomic E-state index is 6.42. The van der Waals surface area contributed by atoms with Gasteiger partial charge in [-0.3, -0.25) is 9.88 Å². The van der Waals surface area contributed by atoms with E-state index in [0.29, 0.717) is 17.5 Å². The van der Waals surface area contributed by atoms with E-state index in [1.807, 2.05) is 12.3 Å². The van der Waals surface area contributed by atoms with E-state index < -0.39 is 0 Å². The Morgan fingerprint density at radius 1 is 1.33 bits per heavy atom. The maximum Gasteiger partial charge on any atom is 0.0543 e. The summed E-state index contributed by atoms with van der Waals surface area (Å²) in [7, 11) is 2.19. The highest BCUT2D eigenvalue weighted by Gasteiger charge is 2.37. The fourth-order valence-electron chi connectivity index (χ4n) is 3.54. The first-order valence-electron chi connectivity index (χ1n) is 8.29. The van der Waals surface area contributed by atoms with Crippen LogP contribution in [0, 0.1) is 11.3 Å². The summed E-state index contributed by atoms with van der Waals surface area (Å²) in [5, 5.41) is 0. The molecule has 21 heavy (non-hydrogen) atoms. The highest BCUT2D eigenvalue weighted by molar-refractivity contribution is 5.04. The van der Waals surface area contributed by atoms with Crippen LogP contribution in [0.2, 0.25) is 0 Å². The average Bonchev–Trinajstić information content (AvgIpc) is 2.48. The summed E-state index contributed by atoms with van der Waals surface area (Å²) in [4.78, 5) is 6.85. The van der Waals surface area contributed by atoms with Gasteiger partial charge < -0.3 is 5.73 Å². The minimum Gasteiger partial charge on any atom is -0.326 e. The molecule has 1 aromatic heterocycles. The van der Waals surface area contributed by atoms with Crippen LogP contribution in [0.4, 0.5) is 0 Å². The van der Waals surface area contributed by atoms with Gasteiger partial charge in [0.1, 0.15) is 0 Å². The van der Waals surface area contributed by atoms with Gasteiger partial charge in [-0.1, -0.05) is 33.3 Å². The summed E-state index contributed by atoms with van der Waals surface area (Å²) in [6.07, 6.45) is 6.74. The molecule has 3 unspecified atom stereocenters. The molecule has 1 saturated carbocycles. The maximum atomic E-state index is 6.42. The number of nitrogens with two attached hydrogens (primary N) is 1. The molecular weight excluding hydrogens is 258 g/mol. The van der Waals surface area contributed by atoms with Crippen molar-refractivity contribution in [1.82, 2.24) is 9.88 Å². The first-order valence-corrected chi connectivity index (χ1v) is 8.29. The largest absolute Gasteiger partial charge is 0.326 e. The van der Waals surface area contributed by atoms with Crippen molar-refractivity contribution in [3.05, 3.63) is 30.1 Å². The number of aromatic nitrogens is 1.